The lowest BCUT2D eigenvalue weighted by Gasteiger charge is -2.17. The van der Waals surface area contributed by atoms with Gasteiger partial charge < -0.3 is 9.64 Å². The highest BCUT2D eigenvalue weighted by Crippen LogP contribution is 2.36. The molecule has 5 aromatic rings. The van der Waals surface area contributed by atoms with E-state index >= 15 is 0 Å². The Morgan fingerprint density at radius 3 is 2.40 bits per heavy atom. The van der Waals surface area contributed by atoms with Crippen LogP contribution < -0.4 is 19.7 Å². The van der Waals surface area contributed by atoms with Crippen molar-refractivity contribution in [2.45, 2.75) is 13.5 Å². The molecule has 0 fully saturated rings. The maximum Gasteiger partial charge on any atom is 0.291 e. The first-order valence-electron chi connectivity index (χ1n) is 11.3. The molecule has 1 amide bonds. The van der Waals surface area contributed by atoms with E-state index in [-0.39, 0.29) is 11.5 Å². The lowest BCUT2D eigenvalue weighted by molar-refractivity contribution is -0.113. The van der Waals surface area contributed by atoms with E-state index in [1.165, 1.54) is 15.9 Å². The van der Waals surface area contributed by atoms with Gasteiger partial charge >= 0.3 is 0 Å². The number of carbonyl (C=O) groups excluding carboxylic acids is 1. The minimum absolute atomic E-state index is 0.191. The van der Waals surface area contributed by atoms with E-state index in [1.54, 1.807) is 4.90 Å². The normalized spacial score (nSPS) is 14.5. The van der Waals surface area contributed by atoms with Gasteiger partial charge in [-0.2, -0.15) is 9.50 Å². The summed E-state index contributed by atoms with van der Waals surface area (Å²) in [5, 5.41) is 4.44. The zero-order valence-electron chi connectivity index (χ0n) is 18.8. The van der Waals surface area contributed by atoms with Crippen molar-refractivity contribution in [3.8, 4) is 17.1 Å². The highest BCUT2D eigenvalue weighted by atomic mass is 32.1. The Balaban J connectivity index is 1.44. The number of hydrogen-bond acceptors (Lipinski definition) is 6. The summed E-state index contributed by atoms with van der Waals surface area (Å²) < 4.78 is 7.12. The summed E-state index contributed by atoms with van der Waals surface area (Å²) in [5.74, 6) is 1.03. The van der Waals surface area contributed by atoms with E-state index in [0.717, 1.165) is 28.1 Å². The molecule has 7 nitrogen and oxygen atoms in total. The molecule has 0 N–H and O–H groups in total. The third kappa shape index (κ3) is 3.59. The molecule has 0 saturated heterocycles. The van der Waals surface area contributed by atoms with Gasteiger partial charge in [-0.1, -0.05) is 59.9 Å². The van der Waals surface area contributed by atoms with Crippen LogP contribution >= 0.6 is 11.3 Å². The number of fused-ring (bicyclic) bond motifs is 2. The number of para-hydroxylation sites is 1. The molecular weight excluding hydrogens is 460 g/mol. The van der Waals surface area contributed by atoms with Gasteiger partial charge in [0, 0.05) is 11.1 Å². The van der Waals surface area contributed by atoms with Gasteiger partial charge in [0.05, 0.1) is 24.4 Å². The SMILES string of the molecule is CCOc1ccc(-c2nc3sc(=C4C(=O)N(Cc5ccccc5)c5ccccc54)c(=O)n3n2)cc1. The number of anilines is 1. The van der Waals surface area contributed by atoms with Crippen LogP contribution in [0, 0.1) is 0 Å². The molecule has 8 heteroatoms. The molecule has 0 aliphatic carbocycles. The topological polar surface area (TPSA) is 76.8 Å². The summed E-state index contributed by atoms with van der Waals surface area (Å²) in [6.07, 6.45) is 0. The Morgan fingerprint density at radius 1 is 0.914 bits per heavy atom. The van der Waals surface area contributed by atoms with Crippen LogP contribution in [0.4, 0.5) is 5.69 Å². The minimum Gasteiger partial charge on any atom is -0.494 e. The van der Waals surface area contributed by atoms with Gasteiger partial charge in [-0.25, -0.2) is 0 Å². The van der Waals surface area contributed by atoms with Crippen molar-refractivity contribution in [1.29, 1.82) is 0 Å². The van der Waals surface area contributed by atoms with Gasteiger partial charge in [0.15, 0.2) is 5.82 Å². The lowest BCUT2D eigenvalue weighted by atomic mass is 10.1. The number of benzene rings is 3. The fraction of sp³-hybridized carbons (Fsp3) is 0.111. The summed E-state index contributed by atoms with van der Waals surface area (Å²) in [4.78, 5) is 33.7. The highest BCUT2D eigenvalue weighted by molar-refractivity contribution is 7.15. The zero-order chi connectivity index (χ0) is 23.9. The number of thiazole rings is 1. The molecule has 1 aliphatic heterocycles. The molecule has 0 saturated carbocycles. The Hall–Kier alpha value is -4.30. The number of nitrogens with zero attached hydrogens (tertiary/aromatic N) is 4. The number of ether oxygens (including phenoxy) is 1. The summed E-state index contributed by atoms with van der Waals surface area (Å²) in [5.41, 5.74) is 3.42. The van der Waals surface area contributed by atoms with Crippen LogP contribution in [0.1, 0.15) is 18.1 Å². The average molecular weight is 481 g/mol. The first-order valence-corrected chi connectivity index (χ1v) is 12.1. The minimum atomic E-state index is -0.339. The smallest absolute Gasteiger partial charge is 0.291 e. The van der Waals surface area contributed by atoms with Crippen molar-refractivity contribution >= 4 is 33.5 Å². The molecule has 0 spiro atoms. The molecule has 35 heavy (non-hydrogen) atoms. The summed E-state index contributed by atoms with van der Waals surface area (Å²) in [7, 11) is 0. The van der Waals surface area contributed by atoms with E-state index in [0.29, 0.717) is 34.0 Å². The van der Waals surface area contributed by atoms with Crippen LogP contribution in [0.5, 0.6) is 5.75 Å². The van der Waals surface area contributed by atoms with Crippen LogP contribution in [0.25, 0.3) is 21.9 Å². The molecule has 3 aromatic carbocycles. The fourth-order valence-corrected chi connectivity index (χ4v) is 5.29. The molecule has 0 bridgehead atoms. The second kappa shape index (κ2) is 8.48. The lowest BCUT2D eigenvalue weighted by Crippen LogP contribution is -2.32. The standard InChI is InChI=1S/C27H20N4O3S/c1-2-34-19-14-12-18(13-15-19)24-28-27-31(29-24)26(33)23(35-27)22-20-10-6-7-11-21(20)30(25(22)32)16-17-8-4-3-5-9-17/h3-15H,2,16H2,1H3. The maximum absolute atomic E-state index is 13.6. The van der Waals surface area contributed by atoms with E-state index < -0.39 is 0 Å². The van der Waals surface area contributed by atoms with Gasteiger partial charge in [-0.3, -0.25) is 9.59 Å². The van der Waals surface area contributed by atoms with Gasteiger partial charge in [0.1, 0.15) is 10.3 Å². The molecule has 3 heterocycles. The van der Waals surface area contributed by atoms with Crippen LogP contribution in [-0.2, 0) is 11.3 Å². The van der Waals surface area contributed by atoms with Crippen LogP contribution in [-0.4, -0.2) is 27.1 Å². The Bertz CT molecular complexity index is 1670. The Kier molecular flexibility index (Phi) is 5.15. The molecule has 0 atom stereocenters. The van der Waals surface area contributed by atoms with Gasteiger partial charge in [0.2, 0.25) is 4.96 Å². The Labute approximate surface area is 204 Å². The van der Waals surface area contributed by atoms with Crippen molar-refractivity contribution in [3.63, 3.8) is 0 Å². The van der Waals surface area contributed by atoms with Gasteiger partial charge in [-0.05, 0) is 42.8 Å². The van der Waals surface area contributed by atoms with Crippen molar-refractivity contribution in [2.24, 2.45) is 0 Å². The average Bonchev–Trinajstić information content (AvgIpc) is 3.52. The summed E-state index contributed by atoms with van der Waals surface area (Å²) >= 11 is 1.19. The number of carbonyl (C=O) groups is 1. The van der Waals surface area contributed by atoms with Gasteiger partial charge in [-0.15, -0.1) is 5.10 Å². The van der Waals surface area contributed by atoms with E-state index in [2.05, 4.69) is 10.1 Å². The highest BCUT2D eigenvalue weighted by Gasteiger charge is 2.34. The quantitative estimate of drug-likeness (QED) is 0.384. The fourth-order valence-electron chi connectivity index (χ4n) is 4.30. The van der Waals surface area contributed by atoms with Crippen LogP contribution in [0.2, 0.25) is 0 Å². The number of aromatic nitrogens is 3. The predicted molar refractivity (Wildman–Crippen MR) is 136 cm³/mol. The molecule has 0 radical (unpaired) electrons. The van der Waals surface area contributed by atoms with Crippen LogP contribution in [0.15, 0.2) is 83.7 Å². The van der Waals surface area contributed by atoms with E-state index in [1.807, 2.05) is 85.8 Å². The van der Waals surface area contributed by atoms with Crippen molar-refractivity contribution in [2.75, 3.05) is 11.5 Å². The maximum atomic E-state index is 13.6. The van der Waals surface area contributed by atoms with Crippen molar-refractivity contribution in [3.05, 3.63) is 105 Å². The molecule has 6 rings (SSSR count). The third-order valence-corrected chi connectivity index (χ3v) is 6.94. The second-order valence-electron chi connectivity index (χ2n) is 8.09. The first-order chi connectivity index (χ1) is 17.1. The molecule has 172 valence electrons. The monoisotopic (exact) mass is 480 g/mol. The number of hydrogen-bond donors (Lipinski definition) is 0. The van der Waals surface area contributed by atoms with Crippen molar-refractivity contribution in [1.82, 2.24) is 14.6 Å². The van der Waals surface area contributed by atoms with Crippen LogP contribution in [0.3, 0.4) is 0 Å². The number of amides is 1. The van der Waals surface area contributed by atoms with Crippen molar-refractivity contribution < 1.29 is 9.53 Å². The first kappa shape index (κ1) is 21.2. The molecule has 2 aromatic heterocycles. The molecular formula is C27H20N4O3S. The van der Waals surface area contributed by atoms with Gasteiger partial charge in [0.25, 0.3) is 11.5 Å². The molecule has 1 aliphatic rings. The predicted octanol–water partition coefficient (Wildman–Crippen LogP) is 3.68. The third-order valence-electron chi connectivity index (χ3n) is 5.91. The summed E-state index contributed by atoms with van der Waals surface area (Å²) in [6, 6.07) is 24.8. The zero-order valence-corrected chi connectivity index (χ0v) is 19.7. The second-order valence-corrected chi connectivity index (χ2v) is 9.07. The number of rotatable bonds is 5. The summed E-state index contributed by atoms with van der Waals surface area (Å²) in [6.45, 7) is 2.94. The Morgan fingerprint density at radius 2 is 1.66 bits per heavy atom. The van der Waals surface area contributed by atoms with E-state index in [9.17, 15) is 9.59 Å². The molecule has 0 unspecified atom stereocenters. The largest absolute Gasteiger partial charge is 0.494 e. The van der Waals surface area contributed by atoms with E-state index in [4.69, 9.17) is 4.74 Å².